The zero-order valence-electron chi connectivity index (χ0n) is 13.3. The smallest absolute Gasteiger partial charge is 0.410 e. The van der Waals surface area contributed by atoms with Crippen molar-refractivity contribution < 1.29 is 14.3 Å². The third-order valence-electron chi connectivity index (χ3n) is 4.27. The van der Waals surface area contributed by atoms with Gasteiger partial charge < -0.3 is 15.0 Å². The number of benzene rings is 1. The summed E-state index contributed by atoms with van der Waals surface area (Å²) in [6.07, 6.45) is 1.21. The van der Waals surface area contributed by atoms with E-state index in [-0.39, 0.29) is 12.0 Å². The molecule has 0 saturated carbocycles. The van der Waals surface area contributed by atoms with Crippen molar-refractivity contribution >= 4 is 17.7 Å². The molecule has 0 aromatic heterocycles. The normalized spacial score (nSPS) is 24.1. The van der Waals surface area contributed by atoms with Crippen molar-refractivity contribution in [3.05, 3.63) is 29.8 Å². The molecule has 0 aliphatic carbocycles. The highest BCUT2D eigenvalue weighted by Crippen LogP contribution is 2.43. The number of rotatable bonds is 0. The van der Waals surface area contributed by atoms with Crippen molar-refractivity contribution in [2.75, 3.05) is 18.4 Å². The molecule has 1 saturated heterocycles. The van der Waals surface area contributed by atoms with E-state index in [1.807, 2.05) is 45.0 Å². The molecule has 0 unspecified atom stereocenters. The molecule has 3 rings (SSSR count). The monoisotopic (exact) mass is 302 g/mol. The number of likely N-dealkylation sites (tertiary alicyclic amines) is 1. The van der Waals surface area contributed by atoms with Gasteiger partial charge in [0.1, 0.15) is 5.60 Å². The van der Waals surface area contributed by atoms with Gasteiger partial charge in [-0.2, -0.15) is 0 Å². The summed E-state index contributed by atoms with van der Waals surface area (Å²) in [5.41, 5.74) is 0.690. The van der Waals surface area contributed by atoms with Crippen molar-refractivity contribution in [3.8, 4) is 0 Å². The van der Waals surface area contributed by atoms with E-state index in [0.29, 0.717) is 13.1 Å². The van der Waals surface area contributed by atoms with Gasteiger partial charge in [-0.15, -0.1) is 0 Å². The maximum Gasteiger partial charge on any atom is 0.410 e. The predicted octanol–water partition coefficient (Wildman–Crippen LogP) is 2.91. The van der Waals surface area contributed by atoms with E-state index in [1.165, 1.54) is 0 Å². The van der Waals surface area contributed by atoms with Crippen molar-refractivity contribution in [3.63, 3.8) is 0 Å². The van der Waals surface area contributed by atoms with Crippen LogP contribution in [0, 0.1) is 0 Å². The standard InChI is InChI=1S/C17H22N2O3/c1-16(2,3)22-15(21)19-10-6-9-17(11-19)12-7-4-5-8-13(12)18-14(17)20/h4-5,7-8H,6,9-11H2,1-3H3,(H,18,20)/t17-/m0/s1. The van der Waals surface area contributed by atoms with Gasteiger partial charge in [0.15, 0.2) is 0 Å². The molecular formula is C17H22N2O3. The molecule has 2 aliphatic heterocycles. The van der Waals surface area contributed by atoms with Gasteiger partial charge in [0.25, 0.3) is 0 Å². The van der Waals surface area contributed by atoms with Crippen LogP contribution >= 0.6 is 0 Å². The molecule has 1 aromatic carbocycles. The summed E-state index contributed by atoms with van der Waals surface area (Å²) in [4.78, 5) is 26.6. The fraction of sp³-hybridized carbons (Fsp3) is 0.529. The van der Waals surface area contributed by atoms with E-state index in [1.54, 1.807) is 4.90 Å². The molecule has 5 nitrogen and oxygen atoms in total. The molecule has 2 amide bonds. The summed E-state index contributed by atoms with van der Waals surface area (Å²) in [6.45, 7) is 6.56. The molecule has 1 N–H and O–H groups in total. The number of para-hydroxylation sites is 1. The molecule has 5 heteroatoms. The summed E-state index contributed by atoms with van der Waals surface area (Å²) in [7, 11) is 0. The van der Waals surface area contributed by atoms with Crippen molar-refractivity contribution in [1.82, 2.24) is 4.90 Å². The van der Waals surface area contributed by atoms with E-state index in [4.69, 9.17) is 4.74 Å². The summed E-state index contributed by atoms with van der Waals surface area (Å²) in [6, 6.07) is 7.74. The fourth-order valence-electron chi connectivity index (χ4n) is 3.32. The molecule has 1 atom stereocenters. The molecule has 0 radical (unpaired) electrons. The van der Waals surface area contributed by atoms with Crippen molar-refractivity contribution in [2.45, 2.75) is 44.6 Å². The van der Waals surface area contributed by atoms with E-state index in [0.717, 1.165) is 24.1 Å². The lowest BCUT2D eigenvalue weighted by Crippen LogP contribution is -2.52. The molecule has 2 aliphatic rings. The second kappa shape index (κ2) is 5.00. The second-order valence-electron chi connectivity index (χ2n) is 7.09. The van der Waals surface area contributed by atoms with Crippen LogP contribution in [0.5, 0.6) is 0 Å². The highest BCUT2D eigenvalue weighted by Gasteiger charge is 2.50. The molecule has 1 spiro atoms. The maximum atomic E-state index is 12.6. The number of anilines is 1. The minimum atomic E-state index is -0.633. The van der Waals surface area contributed by atoms with Gasteiger partial charge in [0.2, 0.25) is 5.91 Å². The van der Waals surface area contributed by atoms with Gasteiger partial charge in [-0.05, 0) is 45.2 Å². The number of piperidine rings is 1. The quantitative estimate of drug-likeness (QED) is 0.801. The van der Waals surface area contributed by atoms with Crippen molar-refractivity contribution in [2.24, 2.45) is 0 Å². The minimum Gasteiger partial charge on any atom is -0.444 e. The lowest BCUT2D eigenvalue weighted by Gasteiger charge is -2.39. The van der Waals surface area contributed by atoms with Gasteiger partial charge in [-0.25, -0.2) is 4.79 Å². The Bertz CT molecular complexity index is 621. The Kier molecular flexibility index (Phi) is 3.38. The summed E-state index contributed by atoms with van der Waals surface area (Å²) >= 11 is 0. The number of carbonyl (C=O) groups is 2. The Balaban J connectivity index is 1.87. The van der Waals surface area contributed by atoms with Crippen LogP contribution in [0.25, 0.3) is 0 Å². The molecular weight excluding hydrogens is 280 g/mol. The predicted molar refractivity (Wildman–Crippen MR) is 83.8 cm³/mol. The lowest BCUT2D eigenvalue weighted by atomic mass is 9.75. The summed E-state index contributed by atoms with van der Waals surface area (Å²) < 4.78 is 5.46. The third kappa shape index (κ3) is 2.45. The van der Waals surface area contributed by atoms with Gasteiger partial charge >= 0.3 is 6.09 Å². The highest BCUT2D eigenvalue weighted by atomic mass is 16.6. The zero-order chi connectivity index (χ0) is 16.0. The Morgan fingerprint density at radius 3 is 2.77 bits per heavy atom. The van der Waals surface area contributed by atoms with Crippen LogP contribution in [0.3, 0.4) is 0 Å². The second-order valence-corrected chi connectivity index (χ2v) is 7.09. The number of amides is 2. The van der Waals surface area contributed by atoms with Crippen LogP contribution in [-0.4, -0.2) is 35.6 Å². The molecule has 0 bridgehead atoms. The van der Waals surface area contributed by atoms with E-state index < -0.39 is 11.0 Å². The Morgan fingerprint density at radius 1 is 1.32 bits per heavy atom. The maximum absolute atomic E-state index is 12.6. The Morgan fingerprint density at radius 2 is 2.05 bits per heavy atom. The first-order valence-electron chi connectivity index (χ1n) is 7.71. The van der Waals surface area contributed by atoms with Crippen LogP contribution in [0.2, 0.25) is 0 Å². The van der Waals surface area contributed by atoms with Crippen LogP contribution in [0.4, 0.5) is 10.5 Å². The average Bonchev–Trinajstić information content (AvgIpc) is 2.70. The van der Waals surface area contributed by atoms with Gasteiger partial charge in [-0.1, -0.05) is 18.2 Å². The Labute approximate surface area is 130 Å². The van der Waals surface area contributed by atoms with E-state index >= 15 is 0 Å². The first kappa shape index (κ1) is 14.9. The summed E-state index contributed by atoms with van der Waals surface area (Å²) in [5.74, 6) is -0.0121. The van der Waals surface area contributed by atoms with Gasteiger partial charge in [0.05, 0.1) is 5.41 Å². The number of hydrogen-bond donors (Lipinski definition) is 1. The fourth-order valence-corrected chi connectivity index (χ4v) is 3.32. The number of nitrogens with one attached hydrogen (secondary N) is 1. The Hall–Kier alpha value is -2.04. The first-order valence-corrected chi connectivity index (χ1v) is 7.71. The number of ether oxygens (including phenoxy) is 1. The highest BCUT2D eigenvalue weighted by molar-refractivity contribution is 6.06. The molecule has 1 aromatic rings. The van der Waals surface area contributed by atoms with Crippen LogP contribution in [0.1, 0.15) is 39.2 Å². The van der Waals surface area contributed by atoms with Crippen LogP contribution in [0.15, 0.2) is 24.3 Å². The van der Waals surface area contributed by atoms with E-state index in [2.05, 4.69) is 5.32 Å². The van der Waals surface area contributed by atoms with Crippen LogP contribution in [-0.2, 0) is 14.9 Å². The largest absolute Gasteiger partial charge is 0.444 e. The number of nitrogens with zero attached hydrogens (tertiary/aromatic N) is 1. The molecule has 22 heavy (non-hydrogen) atoms. The number of fused-ring (bicyclic) bond motifs is 2. The number of hydrogen-bond acceptors (Lipinski definition) is 3. The van der Waals surface area contributed by atoms with Crippen molar-refractivity contribution in [1.29, 1.82) is 0 Å². The molecule has 2 heterocycles. The number of carbonyl (C=O) groups excluding carboxylic acids is 2. The van der Waals surface area contributed by atoms with Gasteiger partial charge in [-0.3, -0.25) is 4.79 Å². The summed E-state index contributed by atoms with van der Waals surface area (Å²) in [5, 5.41) is 2.95. The minimum absolute atomic E-state index is 0.0121. The SMILES string of the molecule is CC(C)(C)OC(=O)N1CCC[C@@]2(C1)C(=O)Nc1ccccc12. The van der Waals surface area contributed by atoms with Crippen LogP contribution < -0.4 is 5.32 Å². The third-order valence-corrected chi connectivity index (χ3v) is 4.27. The first-order chi connectivity index (χ1) is 10.3. The van der Waals surface area contributed by atoms with Gasteiger partial charge in [0, 0.05) is 18.8 Å². The average molecular weight is 302 g/mol. The molecule has 1 fully saturated rings. The van der Waals surface area contributed by atoms with E-state index in [9.17, 15) is 9.59 Å². The topological polar surface area (TPSA) is 58.6 Å². The zero-order valence-corrected chi connectivity index (χ0v) is 13.3. The molecule has 118 valence electrons. The lowest BCUT2D eigenvalue weighted by molar-refractivity contribution is -0.122.